The summed E-state index contributed by atoms with van der Waals surface area (Å²) in [5.41, 5.74) is 3.06. The first-order valence-corrected chi connectivity index (χ1v) is 5.81. The van der Waals surface area contributed by atoms with Gasteiger partial charge in [0.05, 0.1) is 6.42 Å². The first kappa shape index (κ1) is 12.2. The van der Waals surface area contributed by atoms with Gasteiger partial charge in [-0.25, -0.2) is 0 Å². The van der Waals surface area contributed by atoms with Gasteiger partial charge in [0.25, 0.3) is 0 Å². The number of H-pyrrole nitrogens is 1. The normalized spacial score (nSPS) is 10.3. The predicted molar refractivity (Wildman–Crippen MR) is 67.1 cm³/mol. The molecule has 1 aromatic heterocycles. The molecule has 0 fully saturated rings. The van der Waals surface area contributed by atoms with Gasteiger partial charge in [-0.2, -0.15) is 5.21 Å². The largest absolute Gasteiger partial charge is 0.325 e. The van der Waals surface area contributed by atoms with Crippen LogP contribution in [0.5, 0.6) is 0 Å². The highest BCUT2D eigenvalue weighted by Crippen LogP contribution is 2.21. The highest BCUT2D eigenvalue weighted by Gasteiger charge is 2.11. The van der Waals surface area contributed by atoms with E-state index >= 15 is 0 Å². The maximum Gasteiger partial charge on any atom is 0.232 e. The van der Waals surface area contributed by atoms with Gasteiger partial charge >= 0.3 is 0 Å². The number of hydrogen-bond donors (Lipinski definition) is 2. The van der Waals surface area contributed by atoms with E-state index in [-0.39, 0.29) is 12.3 Å². The van der Waals surface area contributed by atoms with E-state index in [2.05, 4.69) is 32.9 Å². The number of para-hydroxylation sites is 1. The van der Waals surface area contributed by atoms with Crippen molar-refractivity contribution in [2.75, 3.05) is 5.32 Å². The molecule has 6 nitrogen and oxygen atoms in total. The monoisotopic (exact) mass is 245 g/mol. The van der Waals surface area contributed by atoms with E-state index in [1.54, 1.807) is 0 Å². The number of nitrogens with zero attached hydrogens (tertiary/aromatic N) is 3. The summed E-state index contributed by atoms with van der Waals surface area (Å²) < 4.78 is 0. The number of aromatic amines is 1. The number of rotatable bonds is 4. The Morgan fingerprint density at radius 1 is 1.44 bits per heavy atom. The van der Waals surface area contributed by atoms with Crippen molar-refractivity contribution < 1.29 is 4.79 Å². The molecule has 0 unspecified atom stereocenters. The minimum Gasteiger partial charge on any atom is -0.325 e. The van der Waals surface area contributed by atoms with Crippen molar-refractivity contribution in [3.63, 3.8) is 0 Å². The zero-order valence-corrected chi connectivity index (χ0v) is 10.4. The van der Waals surface area contributed by atoms with Crippen molar-refractivity contribution in [3.8, 4) is 0 Å². The Bertz CT molecular complexity index is 535. The van der Waals surface area contributed by atoms with Crippen LogP contribution in [0.3, 0.4) is 0 Å². The van der Waals surface area contributed by atoms with Crippen LogP contribution in [0.4, 0.5) is 5.69 Å². The molecule has 1 heterocycles. The molecular weight excluding hydrogens is 230 g/mol. The molecule has 94 valence electrons. The molecule has 0 aliphatic rings. The lowest BCUT2D eigenvalue weighted by Gasteiger charge is -2.12. The number of aryl methyl sites for hydroxylation is 2. The Balaban J connectivity index is 2.11. The smallest absolute Gasteiger partial charge is 0.232 e. The third kappa shape index (κ3) is 2.71. The molecule has 1 amide bonds. The van der Waals surface area contributed by atoms with Crippen LogP contribution in [-0.2, 0) is 17.6 Å². The predicted octanol–water partition coefficient (Wildman–Crippen LogP) is 1.25. The number of nitrogens with one attached hydrogen (secondary N) is 2. The maximum absolute atomic E-state index is 11.9. The number of aromatic nitrogens is 4. The molecule has 0 atom stereocenters. The summed E-state index contributed by atoms with van der Waals surface area (Å²) in [6.45, 7) is 4.03. The third-order valence-corrected chi connectivity index (χ3v) is 2.71. The lowest BCUT2D eigenvalue weighted by molar-refractivity contribution is -0.115. The second kappa shape index (κ2) is 5.39. The minimum atomic E-state index is -0.139. The summed E-state index contributed by atoms with van der Waals surface area (Å²) in [4.78, 5) is 11.9. The van der Waals surface area contributed by atoms with E-state index in [4.69, 9.17) is 0 Å². The van der Waals surface area contributed by atoms with Gasteiger partial charge in [-0.15, -0.1) is 10.2 Å². The van der Waals surface area contributed by atoms with E-state index < -0.39 is 0 Å². The van der Waals surface area contributed by atoms with Gasteiger partial charge in [-0.05, 0) is 24.5 Å². The number of carbonyl (C=O) groups excluding carboxylic acids is 1. The summed E-state index contributed by atoms with van der Waals surface area (Å²) in [7, 11) is 0. The first-order valence-electron chi connectivity index (χ1n) is 5.81. The minimum absolute atomic E-state index is 0.119. The van der Waals surface area contributed by atoms with Crippen LogP contribution in [0.2, 0.25) is 0 Å². The molecule has 0 aliphatic heterocycles. The van der Waals surface area contributed by atoms with Gasteiger partial charge in [0.2, 0.25) is 5.91 Å². The summed E-state index contributed by atoms with van der Waals surface area (Å²) in [6.07, 6.45) is 0.994. The maximum atomic E-state index is 11.9. The van der Waals surface area contributed by atoms with Crippen LogP contribution < -0.4 is 5.32 Å². The average molecular weight is 245 g/mol. The number of hydrogen-bond acceptors (Lipinski definition) is 4. The van der Waals surface area contributed by atoms with Gasteiger partial charge < -0.3 is 5.32 Å². The van der Waals surface area contributed by atoms with Crippen LogP contribution in [0, 0.1) is 6.92 Å². The highest BCUT2D eigenvalue weighted by atomic mass is 16.1. The van der Waals surface area contributed by atoms with Crippen LogP contribution in [0.1, 0.15) is 23.9 Å². The van der Waals surface area contributed by atoms with Crippen LogP contribution >= 0.6 is 0 Å². The SMILES string of the molecule is CCc1cccc(C)c1NC(=O)Cc1nn[nH]n1. The molecule has 0 aliphatic carbocycles. The van der Waals surface area contributed by atoms with Crippen molar-refractivity contribution >= 4 is 11.6 Å². The van der Waals surface area contributed by atoms with E-state index in [1.165, 1.54) is 0 Å². The van der Waals surface area contributed by atoms with Crippen LogP contribution in [0.25, 0.3) is 0 Å². The Morgan fingerprint density at radius 2 is 2.28 bits per heavy atom. The molecule has 0 spiro atoms. The molecular formula is C12H15N5O. The summed E-state index contributed by atoms with van der Waals surface area (Å²) in [6, 6.07) is 5.98. The summed E-state index contributed by atoms with van der Waals surface area (Å²) in [5.74, 6) is 0.250. The summed E-state index contributed by atoms with van der Waals surface area (Å²) >= 11 is 0. The van der Waals surface area contributed by atoms with Gasteiger partial charge in [0.1, 0.15) is 0 Å². The Morgan fingerprint density at radius 3 is 2.94 bits per heavy atom. The Kier molecular flexibility index (Phi) is 3.66. The number of carbonyl (C=O) groups is 1. The van der Waals surface area contributed by atoms with E-state index in [0.717, 1.165) is 23.2 Å². The van der Waals surface area contributed by atoms with Crippen molar-refractivity contribution in [1.29, 1.82) is 0 Å². The van der Waals surface area contributed by atoms with Crippen molar-refractivity contribution in [2.24, 2.45) is 0 Å². The van der Waals surface area contributed by atoms with E-state index in [0.29, 0.717) is 5.82 Å². The molecule has 2 aromatic rings. The molecule has 2 rings (SSSR count). The fourth-order valence-electron chi connectivity index (χ4n) is 1.79. The lowest BCUT2D eigenvalue weighted by Crippen LogP contribution is -2.17. The Labute approximate surface area is 105 Å². The average Bonchev–Trinajstić information content (AvgIpc) is 2.84. The molecule has 2 N–H and O–H groups in total. The van der Waals surface area contributed by atoms with E-state index in [1.807, 2.05) is 25.1 Å². The molecule has 0 radical (unpaired) electrons. The quantitative estimate of drug-likeness (QED) is 0.849. The second-order valence-electron chi connectivity index (χ2n) is 4.02. The molecule has 6 heteroatoms. The molecule has 0 saturated heterocycles. The van der Waals surface area contributed by atoms with Gasteiger partial charge in [0, 0.05) is 5.69 Å². The van der Waals surface area contributed by atoms with Crippen molar-refractivity contribution in [1.82, 2.24) is 20.6 Å². The number of benzene rings is 1. The zero-order valence-electron chi connectivity index (χ0n) is 10.4. The van der Waals surface area contributed by atoms with Gasteiger partial charge in [-0.3, -0.25) is 4.79 Å². The standard InChI is InChI=1S/C12H15N5O/c1-3-9-6-4-5-8(2)12(9)13-11(18)7-10-14-16-17-15-10/h4-6H,3,7H2,1-2H3,(H,13,18)(H,14,15,16,17). The third-order valence-electron chi connectivity index (χ3n) is 2.71. The van der Waals surface area contributed by atoms with Crippen LogP contribution in [0.15, 0.2) is 18.2 Å². The zero-order chi connectivity index (χ0) is 13.0. The molecule has 0 saturated carbocycles. The lowest BCUT2D eigenvalue weighted by atomic mass is 10.1. The molecule has 0 bridgehead atoms. The first-order chi connectivity index (χ1) is 8.70. The summed E-state index contributed by atoms with van der Waals surface area (Å²) in [5, 5.41) is 16.2. The van der Waals surface area contributed by atoms with E-state index in [9.17, 15) is 4.79 Å². The van der Waals surface area contributed by atoms with Gasteiger partial charge in [-0.1, -0.05) is 30.3 Å². The second-order valence-corrected chi connectivity index (χ2v) is 4.02. The van der Waals surface area contributed by atoms with Crippen LogP contribution in [-0.4, -0.2) is 26.5 Å². The van der Waals surface area contributed by atoms with Crippen molar-refractivity contribution in [2.45, 2.75) is 26.7 Å². The number of tetrazole rings is 1. The number of amides is 1. The molecule has 18 heavy (non-hydrogen) atoms. The fraction of sp³-hybridized carbons (Fsp3) is 0.333. The number of anilines is 1. The van der Waals surface area contributed by atoms with Gasteiger partial charge in [0.15, 0.2) is 5.82 Å². The highest BCUT2D eigenvalue weighted by molar-refractivity contribution is 5.93. The Hall–Kier alpha value is -2.24. The topological polar surface area (TPSA) is 83.6 Å². The fourth-order valence-corrected chi connectivity index (χ4v) is 1.79. The molecule has 1 aromatic carbocycles. The van der Waals surface area contributed by atoms with Crippen molar-refractivity contribution in [3.05, 3.63) is 35.2 Å².